The van der Waals surface area contributed by atoms with Gasteiger partial charge in [-0.05, 0) is 23.6 Å². The highest BCUT2D eigenvalue weighted by Crippen LogP contribution is 2.26. The third-order valence-electron chi connectivity index (χ3n) is 4.34. The molecule has 1 atom stereocenters. The van der Waals surface area contributed by atoms with E-state index in [9.17, 15) is 4.79 Å². The molecule has 2 heterocycles. The molecular weight excluding hydrogens is 300 g/mol. The number of hydrogen-bond acceptors (Lipinski definition) is 3. The van der Waals surface area contributed by atoms with Crippen LogP contribution in [0.4, 0.5) is 0 Å². The van der Waals surface area contributed by atoms with Gasteiger partial charge >= 0.3 is 0 Å². The van der Waals surface area contributed by atoms with Gasteiger partial charge in [-0.25, -0.2) is 5.43 Å². The van der Waals surface area contributed by atoms with Crippen LogP contribution < -0.4 is 10.7 Å². The minimum atomic E-state index is -0.273. The molecule has 1 aliphatic rings. The third-order valence-corrected chi connectivity index (χ3v) is 4.34. The molecular formula is C19H18N4O. The first kappa shape index (κ1) is 14.7. The SMILES string of the molecule is O=C(N/N=C\c1ccccc1)C1Cc2c([nH]c3ccccc23)CN1. The van der Waals surface area contributed by atoms with Gasteiger partial charge in [0.05, 0.1) is 12.3 Å². The molecule has 1 aromatic heterocycles. The van der Waals surface area contributed by atoms with Crippen molar-refractivity contribution in [3.05, 3.63) is 71.4 Å². The van der Waals surface area contributed by atoms with Gasteiger partial charge in [-0.2, -0.15) is 5.10 Å². The fourth-order valence-electron chi connectivity index (χ4n) is 3.11. The van der Waals surface area contributed by atoms with Crippen LogP contribution in [0.1, 0.15) is 16.8 Å². The van der Waals surface area contributed by atoms with Crippen molar-refractivity contribution < 1.29 is 4.79 Å². The molecule has 2 aromatic carbocycles. The Labute approximate surface area is 139 Å². The average Bonchev–Trinajstić information content (AvgIpc) is 3.00. The summed E-state index contributed by atoms with van der Waals surface area (Å²) in [5, 5.41) is 8.51. The Morgan fingerprint density at radius 3 is 2.79 bits per heavy atom. The van der Waals surface area contributed by atoms with E-state index in [0.717, 1.165) is 16.8 Å². The number of aromatic nitrogens is 1. The maximum absolute atomic E-state index is 12.4. The number of rotatable bonds is 3. The smallest absolute Gasteiger partial charge is 0.257 e. The quantitative estimate of drug-likeness (QED) is 0.512. The maximum atomic E-state index is 12.4. The van der Waals surface area contributed by atoms with Crippen molar-refractivity contribution in [2.24, 2.45) is 5.10 Å². The first-order valence-corrected chi connectivity index (χ1v) is 8.01. The minimum Gasteiger partial charge on any atom is -0.357 e. The summed E-state index contributed by atoms with van der Waals surface area (Å²) in [6, 6.07) is 17.6. The summed E-state index contributed by atoms with van der Waals surface area (Å²) in [4.78, 5) is 15.8. The fraction of sp³-hybridized carbons (Fsp3) is 0.158. The van der Waals surface area contributed by atoms with Gasteiger partial charge in [-0.15, -0.1) is 0 Å². The average molecular weight is 318 g/mol. The molecule has 5 nitrogen and oxygen atoms in total. The first-order chi connectivity index (χ1) is 11.8. The van der Waals surface area contributed by atoms with Gasteiger partial charge < -0.3 is 4.98 Å². The van der Waals surface area contributed by atoms with Crippen LogP contribution in [0, 0.1) is 0 Å². The van der Waals surface area contributed by atoms with E-state index >= 15 is 0 Å². The highest BCUT2D eigenvalue weighted by atomic mass is 16.2. The van der Waals surface area contributed by atoms with Crippen LogP contribution in [0.15, 0.2) is 59.7 Å². The Kier molecular flexibility index (Phi) is 3.84. The molecule has 1 unspecified atom stereocenters. The van der Waals surface area contributed by atoms with Crippen molar-refractivity contribution in [3.8, 4) is 0 Å². The zero-order valence-electron chi connectivity index (χ0n) is 13.1. The predicted octanol–water partition coefficient (Wildman–Crippen LogP) is 2.33. The number of nitrogens with zero attached hydrogens (tertiary/aromatic N) is 1. The van der Waals surface area contributed by atoms with Crippen molar-refractivity contribution in [1.82, 2.24) is 15.7 Å². The van der Waals surface area contributed by atoms with Crippen molar-refractivity contribution >= 4 is 23.0 Å². The van der Waals surface area contributed by atoms with E-state index in [0.29, 0.717) is 13.0 Å². The third kappa shape index (κ3) is 2.81. The number of amides is 1. The van der Waals surface area contributed by atoms with Crippen molar-refractivity contribution in [3.63, 3.8) is 0 Å². The van der Waals surface area contributed by atoms with Crippen molar-refractivity contribution in [1.29, 1.82) is 0 Å². The zero-order valence-corrected chi connectivity index (χ0v) is 13.1. The monoisotopic (exact) mass is 318 g/mol. The number of para-hydroxylation sites is 1. The Morgan fingerprint density at radius 1 is 1.12 bits per heavy atom. The Morgan fingerprint density at radius 2 is 1.92 bits per heavy atom. The van der Waals surface area contributed by atoms with Gasteiger partial charge in [0.25, 0.3) is 5.91 Å². The molecule has 0 aliphatic carbocycles. The van der Waals surface area contributed by atoms with Crippen molar-refractivity contribution in [2.75, 3.05) is 0 Å². The van der Waals surface area contributed by atoms with E-state index in [1.807, 2.05) is 42.5 Å². The van der Waals surface area contributed by atoms with E-state index in [1.54, 1.807) is 6.21 Å². The molecule has 4 rings (SSSR count). The predicted molar refractivity (Wildman–Crippen MR) is 94.8 cm³/mol. The van der Waals surface area contributed by atoms with E-state index in [2.05, 4.69) is 33.0 Å². The molecule has 5 heteroatoms. The molecule has 1 aliphatic heterocycles. The van der Waals surface area contributed by atoms with Crippen LogP contribution >= 0.6 is 0 Å². The number of carbonyl (C=O) groups excluding carboxylic acids is 1. The molecule has 3 N–H and O–H groups in total. The summed E-state index contributed by atoms with van der Waals surface area (Å²) in [5.74, 6) is -0.113. The lowest BCUT2D eigenvalue weighted by atomic mass is 9.98. The molecule has 1 amide bonds. The van der Waals surface area contributed by atoms with Gasteiger partial charge in [0.2, 0.25) is 0 Å². The number of hydrogen-bond donors (Lipinski definition) is 3. The van der Waals surface area contributed by atoms with E-state index < -0.39 is 0 Å². The second-order valence-electron chi connectivity index (χ2n) is 5.91. The number of carbonyl (C=O) groups is 1. The summed E-state index contributed by atoms with van der Waals surface area (Å²) in [6.45, 7) is 0.657. The molecule has 0 spiro atoms. The topological polar surface area (TPSA) is 69.3 Å². The highest BCUT2D eigenvalue weighted by Gasteiger charge is 2.26. The fourth-order valence-corrected chi connectivity index (χ4v) is 3.11. The number of H-pyrrole nitrogens is 1. The second kappa shape index (κ2) is 6.29. The Balaban J connectivity index is 1.46. The lowest BCUT2D eigenvalue weighted by Crippen LogP contribution is -2.46. The van der Waals surface area contributed by atoms with Gasteiger partial charge in [-0.3, -0.25) is 10.1 Å². The van der Waals surface area contributed by atoms with Gasteiger partial charge in [0.15, 0.2) is 0 Å². The number of hydrazone groups is 1. The number of nitrogens with one attached hydrogen (secondary N) is 3. The van der Waals surface area contributed by atoms with Gasteiger partial charge in [0, 0.05) is 23.1 Å². The summed E-state index contributed by atoms with van der Waals surface area (Å²) < 4.78 is 0. The molecule has 0 saturated heterocycles. The van der Waals surface area contributed by atoms with E-state index in [4.69, 9.17) is 0 Å². The molecule has 0 saturated carbocycles. The molecule has 120 valence electrons. The minimum absolute atomic E-state index is 0.113. The summed E-state index contributed by atoms with van der Waals surface area (Å²) in [6.07, 6.45) is 2.31. The van der Waals surface area contributed by atoms with Crippen LogP contribution in [0.5, 0.6) is 0 Å². The van der Waals surface area contributed by atoms with Crippen LogP contribution in [0.2, 0.25) is 0 Å². The normalized spacial score (nSPS) is 17.1. The number of aromatic amines is 1. The van der Waals surface area contributed by atoms with Gasteiger partial charge in [0.1, 0.15) is 0 Å². The first-order valence-electron chi connectivity index (χ1n) is 8.01. The molecule has 0 bridgehead atoms. The van der Waals surface area contributed by atoms with Crippen LogP contribution in [-0.2, 0) is 17.8 Å². The van der Waals surface area contributed by atoms with Crippen LogP contribution in [-0.4, -0.2) is 23.1 Å². The second-order valence-corrected chi connectivity index (χ2v) is 5.91. The number of benzene rings is 2. The molecule has 0 fully saturated rings. The summed E-state index contributed by atoms with van der Waals surface area (Å²) in [7, 11) is 0. The van der Waals surface area contributed by atoms with Crippen LogP contribution in [0.3, 0.4) is 0 Å². The van der Waals surface area contributed by atoms with E-state index in [-0.39, 0.29) is 11.9 Å². The largest absolute Gasteiger partial charge is 0.357 e. The highest BCUT2D eigenvalue weighted by molar-refractivity contribution is 5.88. The zero-order chi connectivity index (χ0) is 16.4. The van der Waals surface area contributed by atoms with Crippen molar-refractivity contribution in [2.45, 2.75) is 19.0 Å². The lowest BCUT2D eigenvalue weighted by molar-refractivity contribution is -0.123. The maximum Gasteiger partial charge on any atom is 0.257 e. The lowest BCUT2D eigenvalue weighted by Gasteiger charge is -2.22. The Hall–Kier alpha value is -2.92. The number of fused-ring (bicyclic) bond motifs is 3. The standard InChI is InChI=1S/C19H18N4O/c24-19(23-21-11-13-6-2-1-3-7-13)17-10-15-14-8-4-5-9-16(14)22-18(15)12-20-17/h1-9,11,17,20,22H,10,12H2,(H,23,24)/b21-11-. The Bertz CT molecular complexity index is 898. The van der Waals surface area contributed by atoms with Gasteiger partial charge in [-0.1, -0.05) is 48.5 Å². The van der Waals surface area contributed by atoms with Crippen LogP contribution in [0.25, 0.3) is 10.9 Å². The summed E-state index contributed by atoms with van der Waals surface area (Å²) in [5.41, 5.74) is 7.08. The van der Waals surface area contributed by atoms with E-state index in [1.165, 1.54) is 10.9 Å². The summed E-state index contributed by atoms with van der Waals surface area (Å²) >= 11 is 0. The molecule has 24 heavy (non-hydrogen) atoms. The molecule has 0 radical (unpaired) electrons. The molecule has 3 aromatic rings.